The van der Waals surface area contributed by atoms with Crippen molar-refractivity contribution < 1.29 is 0 Å². The highest BCUT2D eigenvalue weighted by Crippen LogP contribution is 1.80. The minimum absolute atomic E-state index is 0.625. The van der Waals surface area contributed by atoms with Gasteiger partial charge in [-0.15, -0.1) is 0 Å². The van der Waals surface area contributed by atoms with Crippen molar-refractivity contribution in [2.24, 2.45) is 0 Å². The predicted molar refractivity (Wildman–Crippen MR) is 57.6 cm³/mol. The molecular weight excluding hydrogens is 148 g/mol. The van der Waals surface area contributed by atoms with Gasteiger partial charge in [0, 0.05) is 12.1 Å². The first-order valence-electron chi connectivity index (χ1n) is 4.80. The van der Waals surface area contributed by atoms with E-state index in [1.165, 1.54) is 0 Å². The highest BCUT2D eigenvalue weighted by Gasteiger charge is 1.92. The molecule has 0 saturated carbocycles. The van der Waals surface area contributed by atoms with Gasteiger partial charge in [-0.1, -0.05) is 34.6 Å². The van der Waals surface area contributed by atoms with Crippen LogP contribution in [-0.2, 0) is 0 Å². The van der Waals surface area contributed by atoms with E-state index in [0.717, 1.165) is 6.54 Å². The van der Waals surface area contributed by atoms with E-state index in [9.17, 15) is 0 Å². The van der Waals surface area contributed by atoms with E-state index in [-0.39, 0.29) is 0 Å². The summed E-state index contributed by atoms with van der Waals surface area (Å²) in [5.74, 6) is 0. The second-order valence-corrected chi connectivity index (χ2v) is 3.87. The summed E-state index contributed by atoms with van der Waals surface area (Å²) in [5.41, 5.74) is 0. The number of rotatable bonds is 3. The summed E-state index contributed by atoms with van der Waals surface area (Å²) in [6, 6.07) is 1.25. The summed E-state index contributed by atoms with van der Waals surface area (Å²) in [5, 5.41) is 3.31. The summed E-state index contributed by atoms with van der Waals surface area (Å²) >= 11 is 0. The minimum Gasteiger partial charge on any atom is -0.312 e. The fourth-order valence-corrected chi connectivity index (χ4v) is 0.667. The maximum atomic E-state index is 3.31. The molecule has 0 fully saturated rings. The number of hydrogen-bond donors (Lipinski definition) is 1. The molecule has 0 aromatic rings. The predicted octanol–water partition coefficient (Wildman–Crippen LogP) is 1.96. The lowest BCUT2D eigenvalue weighted by molar-refractivity contribution is 0.434. The number of hydrogen-bond acceptors (Lipinski definition) is 2. The zero-order valence-corrected chi connectivity index (χ0v) is 9.81. The van der Waals surface area contributed by atoms with Crippen LogP contribution < -0.4 is 5.32 Å². The molecule has 2 heteroatoms. The van der Waals surface area contributed by atoms with E-state index in [1.54, 1.807) is 0 Å². The van der Waals surface area contributed by atoms with Gasteiger partial charge in [0.25, 0.3) is 0 Å². The van der Waals surface area contributed by atoms with Crippen molar-refractivity contribution in [3.05, 3.63) is 0 Å². The summed E-state index contributed by atoms with van der Waals surface area (Å²) in [6.45, 7) is 11.9. The molecule has 0 aromatic heterocycles. The third kappa shape index (κ3) is 22.5. The fraction of sp³-hybridized carbons (Fsp3) is 1.00. The molecular formula is C10H26N2. The van der Waals surface area contributed by atoms with Crippen LogP contribution >= 0.6 is 0 Å². The second-order valence-electron chi connectivity index (χ2n) is 3.87. The van der Waals surface area contributed by atoms with Gasteiger partial charge in [-0.2, -0.15) is 0 Å². The molecule has 1 N–H and O–H groups in total. The van der Waals surface area contributed by atoms with Gasteiger partial charge in [0.15, 0.2) is 0 Å². The Morgan fingerprint density at radius 2 is 1.25 bits per heavy atom. The average Bonchev–Trinajstić information content (AvgIpc) is 1.85. The van der Waals surface area contributed by atoms with E-state index >= 15 is 0 Å². The Morgan fingerprint density at radius 3 is 1.25 bits per heavy atom. The van der Waals surface area contributed by atoms with Gasteiger partial charge in [-0.05, 0) is 20.6 Å². The van der Waals surface area contributed by atoms with Crippen molar-refractivity contribution in [3.63, 3.8) is 0 Å². The topological polar surface area (TPSA) is 15.3 Å². The minimum atomic E-state index is 0.625. The zero-order valence-electron chi connectivity index (χ0n) is 9.81. The van der Waals surface area contributed by atoms with Gasteiger partial charge in [0.1, 0.15) is 0 Å². The Morgan fingerprint density at radius 1 is 1.00 bits per heavy atom. The fourth-order valence-electron chi connectivity index (χ4n) is 0.667. The SMILES string of the molecule is CC(C)NC(C)C.CCN(C)C. The van der Waals surface area contributed by atoms with Crippen molar-refractivity contribution in [1.29, 1.82) is 0 Å². The van der Waals surface area contributed by atoms with E-state index in [0.29, 0.717) is 12.1 Å². The zero-order chi connectivity index (χ0) is 10.1. The van der Waals surface area contributed by atoms with E-state index in [4.69, 9.17) is 0 Å². The molecule has 0 aromatic carbocycles. The smallest absolute Gasteiger partial charge is 0.00127 e. The molecule has 0 radical (unpaired) electrons. The third-order valence-electron chi connectivity index (χ3n) is 1.30. The van der Waals surface area contributed by atoms with Crippen molar-refractivity contribution in [2.45, 2.75) is 46.7 Å². The maximum Gasteiger partial charge on any atom is 0.00127 e. The first kappa shape index (κ1) is 14.4. The van der Waals surface area contributed by atoms with Crippen LogP contribution in [0.1, 0.15) is 34.6 Å². The van der Waals surface area contributed by atoms with Crippen LogP contribution in [0.4, 0.5) is 0 Å². The molecule has 0 aliphatic carbocycles. The first-order chi connectivity index (χ1) is 5.40. The number of nitrogens with one attached hydrogen (secondary N) is 1. The normalized spacial score (nSPS) is 10.5. The summed E-state index contributed by atoms with van der Waals surface area (Å²) in [6.07, 6.45) is 0. The quantitative estimate of drug-likeness (QED) is 0.703. The Hall–Kier alpha value is -0.0800. The van der Waals surface area contributed by atoms with Gasteiger partial charge in [0.05, 0.1) is 0 Å². The highest BCUT2D eigenvalue weighted by molar-refractivity contribution is 4.55. The van der Waals surface area contributed by atoms with E-state index in [1.807, 2.05) is 0 Å². The highest BCUT2D eigenvalue weighted by atomic mass is 15.0. The monoisotopic (exact) mass is 174 g/mol. The standard InChI is InChI=1S/C6H15N.C4H11N/c1-5(2)7-6(3)4;1-4-5(2)3/h5-7H,1-4H3;4H2,1-3H3. The molecule has 0 atom stereocenters. The van der Waals surface area contributed by atoms with Crippen LogP contribution in [0.15, 0.2) is 0 Å². The molecule has 12 heavy (non-hydrogen) atoms. The maximum absolute atomic E-state index is 3.31. The van der Waals surface area contributed by atoms with Crippen LogP contribution in [-0.4, -0.2) is 37.6 Å². The van der Waals surface area contributed by atoms with Crippen LogP contribution in [0, 0.1) is 0 Å². The van der Waals surface area contributed by atoms with E-state index in [2.05, 4.69) is 58.9 Å². The molecule has 2 nitrogen and oxygen atoms in total. The molecule has 0 rings (SSSR count). The van der Waals surface area contributed by atoms with Gasteiger partial charge in [0.2, 0.25) is 0 Å². The largest absolute Gasteiger partial charge is 0.312 e. The molecule has 0 spiro atoms. The lowest BCUT2D eigenvalue weighted by atomic mass is 10.3. The van der Waals surface area contributed by atoms with Crippen molar-refractivity contribution >= 4 is 0 Å². The average molecular weight is 174 g/mol. The Bertz CT molecular complexity index is 71.9. The molecule has 0 bridgehead atoms. The molecule has 0 heterocycles. The molecule has 0 amide bonds. The Balaban J connectivity index is 0. The molecule has 0 aliphatic heterocycles. The van der Waals surface area contributed by atoms with E-state index < -0.39 is 0 Å². The van der Waals surface area contributed by atoms with Crippen LogP contribution in [0.25, 0.3) is 0 Å². The molecule has 0 aliphatic rings. The van der Waals surface area contributed by atoms with Crippen LogP contribution in [0.5, 0.6) is 0 Å². The molecule has 0 unspecified atom stereocenters. The van der Waals surface area contributed by atoms with Crippen LogP contribution in [0.3, 0.4) is 0 Å². The number of nitrogens with zero attached hydrogens (tertiary/aromatic N) is 1. The van der Waals surface area contributed by atoms with Crippen LogP contribution in [0.2, 0.25) is 0 Å². The lowest BCUT2D eigenvalue weighted by Crippen LogP contribution is -2.29. The van der Waals surface area contributed by atoms with Gasteiger partial charge in [-0.25, -0.2) is 0 Å². The third-order valence-corrected chi connectivity index (χ3v) is 1.30. The Labute approximate surface area is 78.3 Å². The first-order valence-corrected chi connectivity index (χ1v) is 4.80. The van der Waals surface area contributed by atoms with Crippen molar-refractivity contribution in [2.75, 3.05) is 20.6 Å². The summed E-state index contributed by atoms with van der Waals surface area (Å²) in [4.78, 5) is 2.12. The summed E-state index contributed by atoms with van der Waals surface area (Å²) < 4.78 is 0. The van der Waals surface area contributed by atoms with Gasteiger partial charge >= 0.3 is 0 Å². The van der Waals surface area contributed by atoms with Gasteiger partial charge < -0.3 is 10.2 Å². The Kier molecular flexibility index (Phi) is 10.8. The molecule has 0 saturated heterocycles. The van der Waals surface area contributed by atoms with Gasteiger partial charge in [-0.3, -0.25) is 0 Å². The summed E-state index contributed by atoms with van der Waals surface area (Å²) in [7, 11) is 4.11. The lowest BCUT2D eigenvalue weighted by Gasteiger charge is -2.10. The second kappa shape index (κ2) is 9.01. The van der Waals surface area contributed by atoms with Crippen molar-refractivity contribution in [1.82, 2.24) is 10.2 Å². The molecule has 76 valence electrons. The van der Waals surface area contributed by atoms with Crippen molar-refractivity contribution in [3.8, 4) is 0 Å².